The molecule has 3 fully saturated rings. The standard InChI is InChI=1S/C21H25ClN4O/c1-2-18(24-21(27)13-5-7-14(22)8-6-13)20-16-9-15(10-17(16)20)26-19(11-23-25-26)12-3-4-12/h5-8,11-12,15-18,20H,2-4,9-10H2,1H3,(H,24,27)/t15?,16-,17+,18?,20?. The van der Waals surface area contributed by atoms with Gasteiger partial charge in [0.05, 0.1) is 17.9 Å². The van der Waals surface area contributed by atoms with Gasteiger partial charge in [-0.2, -0.15) is 0 Å². The van der Waals surface area contributed by atoms with Crippen LogP contribution in [0, 0.1) is 17.8 Å². The van der Waals surface area contributed by atoms with Crippen molar-refractivity contribution in [1.29, 1.82) is 0 Å². The van der Waals surface area contributed by atoms with Crippen molar-refractivity contribution in [2.75, 3.05) is 0 Å². The van der Waals surface area contributed by atoms with Crippen molar-refractivity contribution in [3.8, 4) is 0 Å². The van der Waals surface area contributed by atoms with Crippen LogP contribution in [0.2, 0.25) is 5.02 Å². The van der Waals surface area contributed by atoms with E-state index in [1.54, 1.807) is 24.3 Å². The number of rotatable bonds is 6. The lowest BCUT2D eigenvalue weighted by molar-refractivity contribution is 0.0926. The second kappa shape index (κ2) is 6.62. The molecule has 0 radical (unpaired) electrons. The number of hydrogen-bond donors (Lipinski definition) is 1. The Kier molecular flexibility index (Phi) is 4.23. The van der Waals surface area contributed by atoms with Crippen LogP contribution >= 0.6 is 11.6 Å². The van der Waals surface area contributed by atoms with Crippen molar-refractivity contribution in [3.63, 3.8) is 0 Å². The molecule has 3 aliphatic carbocycles. The molecule has 2 aromatic rings. The summed E-state index contributed by atoms with van der Waals surface area (Å²) in [6.45, 7) is 2.17. The number of carbonyl (C=O) groups excluding carboxylic acids is 1. The molecular weight excluding hydrogens is 360 g/mol. The highest BCUT2D eigenvalue weighted by molar-refractivity contribution is 6.30. The molecule has 1 N–H and O–H groups in total. The maximum atomic E-state index is 12.6. The number of carbonyl (C=O) groups is 1. The lowest BCUT2D eigenvalue weighted by Crippen LogP contribution is -2.37. The molecule has 1 aromatic carbocycles. The average Bonchev–Trinajstić information content (AvgIpc) is 3.53. The minimum atomic E-state index is 0.00679. The smallest absolute Gasteiger partial charge is 0.251 e. The molecule has 0 spiro atoms. The highest BCUT2D eigenvalue weighted by Gasteiger charge is 2.59. The van der Waals surface area contributed by atoms with Crippen molar-refractivity contribution >= 4 is 17.5 Å². The minimum Gasteiger partial charge on any atom is -0.349 e. The van der Waals surface area contributed by atoms with Crippen molar-refractivity contribution in [2.24, 2.45) is 17.8 Å². The van der Waals surface area contributed by atoms with Crippen molar-refractivity contribution < 1.29 is 4.79 Å². The van der Waals surface area contributed by atoms with E-state index in [9.17, 15) is 4.79 Å². The van der Waals surface area contributed by atoms with Crippen LogP contribution in [-0.4, -0.2) is 26.9 Å². The normalized spacial score (nSPS) is 30.0. The summed E-state index contributed by atoms with van der Waals surface area (Å²) in [5.41, 5.74) is 2.01. The van der Waals surface area contributed by atoms with Crippen LogP contribution in [-0.2, 0) is 0 Å². The fourth-order valence-corrected chi connectivity index (χ4v) is 5.32. The predicted molar refractivity (Wildman–Crippen MR) is 104 cm³/mol. The Morgan fingerprint density at radius 3 is 2.59 bits per heavy atom. The highest BCUT2D eigenvalue weighted by Crippen LogP contribution is 2.63. The Hall–Kier alpha value is -1.88. The van der Waals surface area contributed by atoms with E-state index in [1.165, 1.54) is 31.4 Å². The molecule has 0 saturated heterocycles. The second-order valence-electron chi connectivity index (χ2n) is 8.40. The molecule has 6 heteroatoms. The summed E-state index contributed by atoms with van der Waals surface area (Å²) in [4.78, 5) is 12.6. The van der Waals surface area contributed by atoms with Gasteiger partial charge in [0.15, 0.2) is 0 Å². The number of halogens is 1. The van der Waals surface area contributed by atoms with E-state index in [0.29, 0.717) is 40.3 Å². The Bertz CT molecular complexity index is 832. The van der Waals surface area contributed by atoms with Crippen molar-refractivity contribution in [1.82, 2.24) is 20.3 Å². The number of amides is 1. The Morgan fingerprint density at radius 1 is 1.26 bits per heavy atom. The molecule has 142 valence electrons. The maximum absolute atomic E-state index is 12.6. The largest absolute Gasteiger partial charge is 0.349 e. The van der Waals surface area contributed by atoms with Gasteiger partial charge in [-0.15, -0.1) is 5.10 Å². The first kappa shape index (κ1) is 17.2. The zero-order chi connectivity index (χ0) is 18.5. The number of fused-ring (bicyclic) bond motifs is 1. The van der Waals surface area contributed by atoms with Crippen LogP contribution in [0.5, 0.6) is 0 Å². The quantitative estimate of drug-likeness (QED) is 0.811. The van der Waals surface area contributed by atoms with E-state index in [1.807, 2.05) is 6.20 Å². The summed E-state index contributed by atoms with van der Waals surface area (Å²) in [6.07, 6.45) is 7.84. The van der Waals surface area contributed by atoms with Crippen molar-refractivity contribution in [2.45, 2.75) is 57.0 Å². The zero-order valence-electron chi connectivity index (χ0n) is 15.5. The first-order valence-electron chi connectivity index (χ1n) is 10.1. The van der Waals surface area contributed by atoms with E-state index in [2.05, 4.69) is 27.2 Å². The van der Waals surface area contributed by atoms with Crippen LogP contribution in [0.3, 0.4) is 0 Å². The van der Waals surface area contributed by atoms with Gasteiger partial charge in [-0.05, 0) is 74.1 Å². The van der Waals surface area contributed by atoms with Gasteiger partial charge in [0.1, 0.15) is 0 Å². The molecule has 3 unspecified atom stereocenters. The Labute approximate surface area is 164 Å². The van der Waals surface area contributed by atoms with Gasteiger partial charge in [-0.1, -0.05) is 23.7 Å². The number of hydrogen-bond acceptors (Lipinski definition) is 3. The molecule has 1 amide bonds. The van der Waals surface area contributed by atoms with E-state index in [4.69, 9.17) is 11.6 Å². The number of aromatic nitrogens is 3. The lowest BCUT2D eigenvalue weighted by atomic mass is 9.99. The summed E-state index contributed by atoms with van der Waals surface area (Å²) >= 11 is 5.92. The van der Waals surface area contributed by atoms with Crippen LogP contribution < -0.4 is 5.32 Å². The third kappa shape index (κ3) is 3.16. The molecule has 5 rings (SSSR count). The Balaban J connectivity index is 1.21. The van der Waals surface area contributed by atoms with Gasteiger partial charge in [0.2, 0.25) is 0 Å². The monoisotopic (exact) mass is 384 g/mol. The third-order valence-corrected chi connectivity index (χ3v) is 7.01. The lowest BCUT2D eigenvalue weighted by Gasteiger charge is -2.22. The average molecular weight is 385 g/mol. The van der Waals surface area contributed by atoms with Gasteiger partial charge in [-0.25, -0.2) is 4.68 Å². The molecular formula is C21H25ClN4O. The Morgan fingerprint density at radius 2 is 1.96 bits per heavy atom. The van der Waals surface area contributed by atoms with Crippen LogP contribution in [0.1, 0.15) is 67.0 Å². The number of nitrogens with one attached hydrogen (secondary N) is 1. The van der Waals surface area contributed by atoms with E-state index in [0.717, 1.165) is 6.42 Å². The fourth-order valence-electron chi connectivity index (χ4n) is 5.19. The van der Waals surface area contributed by atoms with E-state index in [-0.39, 0.29) is 11.9 Å². The molecule has 3 aliphatic rings. The molecule has 5 nitrogen and oxygen atoms in total. The molecule has 1 heterocycles. The van der Waals surface area contributed by atoms with Gasteiger partial charge in [-0.3, -0.25) is 4.79 Å². The van der Waals surface area contributed by atoms with Crippen LogP contribution in [0.4, 0.5) is 0 Å². The first-order chi connectivity index (χ1) is 13.2. The third-order valence-electron chi connectivity index (χ3n) is 6.76. The predicted octanol–water partition coefficient (Wildman–Crippen LogP) is 4.21. The summed E-state index contributed by atoms with van der Waals surface area (Å²) in [5.74, 6) is 2.72. The number of benzene rings is 1. The van der Waals surface area contributed by atoms with Gasteiger partial charge in [0, 0.05) is 22.5 Å². The van der Waals surface area contributed by atoms with E-state index >= 15 is 0 Å². The summed E-state index contributed by atoms with van der Waals surface area (Å²) in [6, 6.07) is 7.87. The molecule has 0 bridgehead atoms. The molecule has 27 heavy (non-hydrogen) atoms. The van der Waals surface area contributed by atoms with Gasteiger partial charge < -0.3 is 5.32 Å². The number of nitrogens with zero attached hydrogens (tertiary/aromatic N) is 3. The summed E-state index contributed by atoms with van der Waals surface area (Å²) < 4.78 is 2.20. The molecule has 1 aromatic heterocycles. The topological polar surface area (TPSA) is 59.8 Å². The van der Waals surface area contributed by atoms with E-state index < -0.39 is 0 Å². The maximum Gasteiger partial charge on any atom is 0.251 e. The molecule has 5 atom stereocenters. The SMILES string of the molecule is CCC(NC(=O)c1ccc(Cl)cc1)C1[C@H]2CC(n3nncc3C3CC3)C[C@@H]12. The summed E-state index contributed by atoms with van der Waals surface area (Å²) in [7, 11) is 0. The van der Waals surface area contributed by atoms with Crippen LogP contribution in [0.15, 0.2) is 30.5 Å². The van der Waals surface area contributed by atoms with Gasteiger partial charge in [0.25, 0.3) is 5.91 Å². The molecule has 0 aliphatic heterocycles. The fraction of sp³-hybridized carbons (Fsp3) is 0.571. The summed E-state index contributed by atoms with van der Waals surface area (Å²) in [5, 5.41) is 12.5. The van der Waals surface area contributed by atoms with Crippen LogP contribution in [0.25, 0.3) is 0 Å². The second-order valence-corrected chi connectivity index (χ2v) is 8.84. The zero-order valence-corrected chi connectivity index (χ0v) is 16.3. The van der Waals surface area contributed by atoms with Crippen molar-refractivity contribution in [3.05, 3.63) is 46.7 Å². The highest BCUT2D eigenvalue weighted by atomic mass is 35.5. The molecule has 3 saturated carbocycles. The van der Waals surface area contributed by atoms with Gasteiger partial charge >= 0.3 is 0 Å². The first-order valence-corrected chi connectivity index (χ1v) is 10.5. The minimum absolute atomic E-state index is 0.00679.